The third kappa shape index (κ3) is 6.37. The van der Waals surface area contributed by atoms with Crippen LogP contribution in [-0.4, -0.2) is 43.0 Å². The lowest BCUT2D eigenvalue weighted by atomic mass is 10.1. The van der Waals surface area contributed by atoms with Crippen molar-refractivity contribution in [3.05, 3.63) is 0 Å². The van der Waals surface area contributed by atoms with Crippen LogP contribution in [0.3, 0.4) is 0 Å². The summed E-state index contributed by atoms with van der Waals surface area (Å²) in [7, 11) is 5.41. The van der Waals surface area contributed by atoms with Gasteiger partial charge in [-0.1, -0.05) is 12.8 Å². The Balaban J connectivity index is 3.59. The monoisotopic (exact) mass is 248 g/mol. The number of unbranched alkanes of at least 4 members (excludes halogenated alkanes) is 3. The van der Waals surface area contributed by atoms with Crippen molar-refractivity contribution in [2.24, 2.45) is 0 Å². The molecule has 0 fully saturated rings. The molecule has 0 saturated carbocycles. The fourth-order valence-corrected chi connectivity index (χ4v) is 1.98. The minimum Gasteiger partial charge on any atom is -0.331 e. The van der Waals surface area contributed by atoms with E-state index in [2.05, 4.69) is 0 Å². The van der Waals surface area contributed by atoms with Gasteiger partial charge in [0.05, 0.1) is 10.2 Å². The average molecular weight is 248 g/mol. The summed E-state index contributed by atoms with van der Waals surface area (Å²) in [6, 6.07) is 0. The van der Waals surface area contributed by atoms with Crippen LogP contribution >= 0.6 is 0 Å². The van der Waals surface area contributed by atoms with E-state index in [4.69, 9.17) is 14.2 Å². The summed E-state index contributed by atoms with van der Waals surface area (Å²) in [6.45, 7) is 0. The molecule has 0 aliphatic carbocycles. The fourth-order valence-electron chi connectivity index (χ4n) is 1.63. The molecule has 0 atom stereocenters. The molecule has 0 amide bonds. The Morgan fingerprint density at radius 3 is 1.94 bits per heavy atom. The van der Waals surface area contributed by atoms with E-state index in [0.717, 1.165) is 32.1 Å². The first-order valence-corrected chi connectivity index (χ1v) is 6.75. The van der Waals surface area contributed by atoms with E-state index in [-0.39, 0.29) is 0 Å². The van der Waals surface area contributed by atoms with Crippen LogP contribution in [0.4, 0.5) is 0 Å². The first kappa shape index (κ1) is 15.8. The molecule has 96 valence electrons. The smallest absolute Gasteiger partial charge is 0.282 e. The molecule has 5 heteroatoms. The third-order valence-electron chi connectivity index (χ3n) is 2.69. The molecule has 0 aliphatic rings. The van der Waals surface area contributed by atoms with E-state index in [9.17, 15) is 4.79 Å². The van der Waals surface area contributed by atoms with Crippen molar-refractivity contribution in [2.75, 3.05) is 21.3 Å². The summed E-state index contributed by atoms with van der Waals surface area (Å²) in [5.41, 5.74) is 0. The van der Waals surface area contributed by atoms with Crippen molar-refractivity contribution in [1.29, 1.82) is 0 Å². The van der Waals surface area contributed by atoms with E-state index in [1.165, 1.54) is 0 Å². The van der Waals surface area contributed by atoms with Crippen molar-refractivity contribution < 1.29 is 19.0 Å². The van der Waals surface area contributed by atoms with Crippen LogP contribution in [0.2, 0.25) is 0 Å². The predicted molar refractivity (Wildman–Crippen MR) is 66.4 cm³/mol. The predicted octanol–water partition coefficient (Wildman–Crippen LogP) is 0.812. The van der Waals surface area contributed by atoms with Gasteiger partial charge in [0, 0.05) is 34.2 Å². The Bertz CT molecular complexity index is 184. The van der Waals surface area contributed by atoms with Crippen molar-refractivity contribution in [1.82, 2.24) is 0 Å². The number of methoxy groups -OCH3 is 3. The quantitative estimate of drug-likeness (QED) is 0.326. The summed E-state index contributed by atoms with van der Waals surface area (Å²) < 4.78 is 15.6. The molecule has 0 spiro atoms. The molecule has 0 aliphatic heterocycles. The Kier molecular flexibility index (Phi) is 8.74. The highest BCUT2D eigenvalue weighted by Crippen LogP contribution is 2.21. The maximum atomic E-state index is 10.8. The second kappa shape index (κ2) is 8.87. The van der Waals surface area contributed by atoms with E-state index in [1.807, 2.05) is 0 Å². The van der Waals surface area contributed by atoms with Gasteiger partial charge in [0.15, 0.2) is 0 Å². The SMILES string of the molecule is COC(CCCCCCC(=O)[SiH3])(OC)OC. The molecule has 0 unspecified atom stereocenters. The number of rotatable bonds is 10. The van der Waals surface area contributed by atoms with Gasteiger partial charge in [0.1, 0.15) is 5.41 Å². The van der Waals surface area contributed by atoms with Gasteiger partial charge in [0.25, 0.3) is 5.97 Å². The van der Waals surface area contributed by atoms with Crippen molar-refractivity contribution in [2.45, 2.75) is 44.5 Å². The molecule has 0 radical (unpaired) electrons. The van der Waals surface area contributed by atoms with Gasteiger partial charge in [0.2, 0.25) is 0 Å². The lowest BCUT2D eigenvalue weighted by molar-refractivity contribution is -0.355. The largest absolute Gasteiger partial charge is 0.331 e. The molecule has 0 N–H and O–H groups in total. The first-order valence-electron chi connectivity index (χ1n) is 5.75. The molecule has 0 heterocycles. The Labute approximate surface area is 101 Å². The van der Waals surface area contributed by atoms with E-state index < -0.39 is 5.97 Å². The highest BCUT2D eigenvalue weighted by Gasteiger charge is 2.28. The second-order valence-corrected chi connectivity index (χ2v) is 5.03. The zero-order valence-electron chi connectivity index (χ0n) is 10.9. The molecule has 0 aromatic carbocycles. The van der Waals surface area contributed by atoms with Crippen LogP contribution in [0.15, 0.2) is 0 Å². The minimum atomic E-state index is -0.895. The summed E-state index contributed by atoms with van der Waals surface area (Å²) >= 11 is 0. The average Bonchev–Trinajstić information content (AvgIpc) is 2.29. The topological polar surface area (TPSA) is 44.8 Å². The molecule has 0 aromatic heterocycles. The van der Waals surface area contributed by atoms with Gasteiger partial charge in [-0.2, -0.15) is 0 Å². The fraction of sp³-hybridized carbons (Fsp3) is 0.909. The second-order valence-electron chi connectivity index (χ2n) is 3.91. The van der Waals surface area contributed by atoms with Gasteiger partial charge < -0.3 is 19.0 Å². The van der Waals surface area contributed by atoms with Gasteiger partial charge in [-0.3, -0.25) is 0 Å². The minimum absolute atomic E-state index is 0.403. The van der Waals surface area contributed by atoms with E-state index in [1.54, 1.807) is 21.3 Å². The Morgan fingerprint density at radius 1 is 1.00 bits per heavy atom. The standard InChI is InChI=1S/C11H24O4Si/c1-13-11(14-2,15-3)9-7-5-4-6-8-10(12)16/h4-9H2,1-3,16H3. The molecule has 4 nitrogen and oxygen atoms in total. The number of ether oxygens (including phenoxy) is 3. The zero-order chi connectivity index (χ0) is 12.4. The molecule has 0 rings (SSSR count). The lowest BCUT2D eigenvalue weighted by Crippen LogP contribution is -2.35. The number of carbonyl (C=O) groups excluding carboxylic acids is 1. The van der Waals surface area contributed by atoms with Crippen LogP contribution in [0.1, 0.15) is 38.5 Å². The number of hydrogen-bond acceptors (Lipinski definition) is 4. The van der Waals surface area contributed by atoms with Crippen molar-refractivity contribution >= 4 is 15.6 Å². The maximum absolute atomic E-state index is 10.8. The molecular formula is C11H24O4Si. The van der Waals surface area contributed by atoms with Crippen LogP contribution < -0.4 is 0 Å². The summed E-state index contributed by atoms with van der Waals surface area (Å²) in [6.07, 6.45) is 5.60. The van der Waals surface area contributed by atoms with Crippen molar-refractivity contribution in [3.8, 4) is 0 Å². The van der Waals surface area contributed by atoms with E-state index in [0.29, 0.717) is 22.1 Å². The van der Waals surface area contributed by atoms with E-state index >= 15 is 0 Å². The lowest BCUT2D eigenvalue weighted by Gasteiger charge is -2.28. The molecule has 0 saturated heterocycles. The van der Waals surface area contributed by atoms with Gasteiger partial charge in [-0.15, -0.1) is 0 Å². The number of carbonyl (C=O) groups is 1. The van der Waals surface area contributed by atoms with Crippen molar-refractivity contribution in [3.63, 3.8) is 0 Å². The van der Waals surface area contributed by atoms with Crippen LogP contribution in [0.25, 0.3) is 0 Å². The third-order valence-corrected chi connectivity index (χ3v) is 3.19. The van der Waals surface area contributed by atoms with Crippen LogP contribution in [0, 0.1) is 0 Å². The Hall–Kier alpha value is -0.233. The van der Waals surface area contributed by atoms with Crippen LogP contribution in [0.5, 0.6) is 0 Å². The van der Waals surface area contributed by atoms with Gasteiger partial charge in [-0.25, -0.2) is 0 Å². The molecule has 0 aromatic rings. The van der Waals surface area contributed by atoms with Gasteiger partial charge in [-0.05, 0) is 12.8 Å². The highest BCUT2D eigenvalue weighted by molar-refractivity contribution is 6.57. The summed E-state index contributed by atoms with van der Waals surface area (Å²) in [5.74, 6) is -0.895. The summed E-state index contributed by atoms with van der Waals surface area (Å²) in [4.78, 5) is 10.8. The van der Waals surface area contributed by atoms with Crippen LogP contribution in [-0.2, 0) is 19.0 Å². The Morgan fingerprint density at radius 2 is 1.50 bits per heavy atom. The summed E-state index contributed by atoms with van der Waals surface area (Å²) in [5, 5.41) is 0.403. The first-order chi connectivity index (χ1) is 7.60. The zero-order valence-corrected chi connectivity index (χ0v) is 12.9. The molecule has 0 bridgehead atoms. The highest BCUT2D eigenvalue weighted by atomic mass is 28.1. The molecule has 16 heavy (non-hydrogen) atoms. The molecular weight excluding hydrogens is 224 g/mol. The normalized spacial score (nSPS) is 11.9. The maximum Gasteiger partial charge on any atom is 0.282 e. The van der Waals surface area contributed by atoms with Gasteiger partial charge >= 0.3 is 0 Å². The number of hydrogen-bond donors (Lipinski definition) is 0.